The van der Waals surface area contributed by atoms with Crippen LogP contribution in [0.3, 0.4) is 0 Å². The fraction of sp³-hybridized carbons (Fsp3) is 0. The Balaban J connectivity index is 2.13. The minimum Gasteiger partial charge on any atom is -0.508 e. The number of fused-ring (bicyclic) bond motifs is 1. The SMILES string of the molecule is N#[N+]c1ccc2c(S(=O)(=O)Nc3ccc(O)cc3)cccc2c1O. The molecule has 0 bridgehead atoms. The molecule has 3 aromatic rings. The van der Waals surface area contributed by atoms with Crippen LogP contribution in [-0.2, 0) is 10.0 Å². The zero-order valence-electron chi connectivity index (χ0n) is 12.2. The van der Waals surface area contributed by atoms with E-state index in [0.29, 0.717) is 0 Å². The van der Waals surface area contributed by atoms with Gasteiger partial charge in [-0.1, -0.05) is 12.1 Å². The minimum atomic E-state index is -3.92. The first-order chi connectivity index (χ1) is 11.4. The third-order valence-corrected chi connectivity index (χ3v) is 4.93. The van der Waals surface area contributed by atoms with Crippen LogP contribution in [-0.4, -0.2) is 18.6 Å². The molecule has 0 radical (unpaired) electrons. The van der Waals surface area contributed by atoms with Crippen LogP contribution in [0.4, 0.5) is 11.4 Å². The molecule has 0 spiro atoms. The molecule has 7 nitrogen and oxygen atoms in total. The van der Waals surface area contributed by atoms with Crippen LogP contribution in [0.1, 0.15) is 0 Å². The van der Waals surface area contributed by atoms with Gasteiger partial charge in [0, 0.05) is 22.5 Å². The van der Waals surface area contributed by atoms with Crippen LogP contribution in [0.25, 0.3) is 15.7 Å². The molecule has 3 N–H and O–H groups in total. The smallest absolute Gasteiger partial charge is 0.426 e. The van der Waals surface area contributed by atoms with Crippen molar-refractivity contribution in [3.63, 3.8) is 0 Å². The van der Waals surface area contributed by atoms with E-state index in [0.717, 1.165) is 0 Å². The molecule has 0 aliphatic carbocycles. The Morgan fingerprint density at radius 1 is 0.917 bits per heavy atom. The number of nitrogens with one attached hydrogen (secondary N) is 1. The standard InChI is InChI=1S/C16H11N3O4S/c17-18-14-9-8-12-13(16(14)21)2-1-3-15(12)24(22,23)19-10-4-6-11(20)7-5-10/h1-9,17,21H/p+1. The molecule has 120 valence electrons. The van der Waals surface area contributed by atoms with Gasteiger partial charge in [-0.2, -0.15) is 0 Å². The van der Waals surface area contributed by atoms with Crippen molar-refractivity contribution in [1.82, 2.24) is 0 Å². The van der Waals surface area contributed by atoms with Crippen molar-refractivity contribution in [3.05, 3.63) is 59.6 Å². The summed E-state index contributed by atoms with van der Waals surface area (Å²) in [7, 11) is -3.92. The van der Waals surface area contributed by atoms with Crippen molar-refractivity contribution in [1.29, 1.82) is 5.39 Å². The number of phenolic OH excluding ortho intramolecular Hbond substituents is 2. The molecule has 0 heterocycles. The predicted molar refractivity (Wildman–Crippen MR) is 89.3 cm³/mol. The average Bonchev–Trinajstić information content (AvgIpc) is 2.57. The van der Waals surface area contributed by atoms with Crippen molar-refractivity contribution in [3.8, 4) is 11.5 Å². The molecule has 8 heteroatoms. The van der Waals surface area contributed by atoms with Gasteiger partial charge in [0.05, 0.1) is 4.90 Å². The first kappa shape index (κ1) is 15.6. The Morgan fingerprint density at radius 2 is 1.62 bits per heavy atom. The maximum absolute atomic E-state index is 12.6. The summed E-state index contributed by atoms with van der Waals surface area (Å²) < 4.78 is 27.7. The number of sulfonamides is 1. The Hall–Kier alpha value is -3.31. The topological polar surface area (TPSA) is 115 Å². The van der Waals surface area contributed by atoms with Gasteiger partial charge in [-0.3, -0.25) is 4.72 Å². The monoisotopic (exact) mass is 342 g/mol. The third-order valence-electron chi connectivity index (χ3n) is 3.49. The zero-order chi connectivity index (χ0) is 17.3. The average molecular weight is 342 g/mol. The van der Waals surface area contributed by atoms with E-state index in [-0.39, 0.29) is 38.5 Å². The van der Waals surface area contributed by atoms with Crippen molar-refractivity contribution in [2.45, 2.75) is 4.90 Å². The van der Waals surface area contributed by atoms with Gasteiger partial charge in [-0.05, 0) is 36.4 Å². The van der Waals surface area contributed by atoms with Crippen molar-refractivity contribution < 1.29 is 18.6 Å². The van der Waals surface area contributed by atoms with Crippen LogP contribution in [0.15, 0.2) is 59.5 Å². The van der Waals surface area contributed by atoms with Crippen molar-refractivity contribution in [2.75, 3.05) is 4.72 Å². The lowest BCUT2D eigenvalue weighted by molar-refractivity contribution is 0.475. The molecule has 0 saturated heterocycles. The van der Waals surface area contributed by atoms with E-state index < -0.39 is 10.0 Å². The van der Waals surface area contributed by atoms with Gasteiger partial charge >= 0.3 is 5.69 Å². The highest BCUT2D eigenvalue weighted by atomic mass is 32.2. The maximum atomic E-state index is 12.6. The van der Waals surface area contributed by atoms with Crippen LogP contribution in [0.5, 0.6) is 11.5 Å². The summed E-state index contributed by atoms with van der Waals surface area (Å²) in [6.07, 6.45) is 0. The largest absolute Gasteiger partial charge is 0.508 e. The van der Waals surface area contributed by atoms with Gasteiger partial charge in [0.1, 0.15) is 5.75 Å². The second-order valence-electron chi connectivity index (χ2n) is 5.04. The summed E-state index contributed by atoms with van der Waals surface area (Å²) in [5.74, 6) is -0.287. The van der Waals surface area contributed by atoms with Gasteiger partial charge in [-0.15, -0.1) is 0 Å². The fourth-order valence-corrected chi connectivity index (χ4v) is 3.64. The lowest BCUT2D eigenvalue weighted by Crippen LogP contribution is -2.13. The Bertz CT molecular complexity index is 1070. The molecular weight excluding hydrogens is 330 g/mol. The number of nitrogens with zero attached hydrogens (tertiary/aromatic N) is 2. The Morgan fingerprint density at radius 3 is 2.29 bits per heavy atom. The van der Waals surface area contributed by atoms with Gasteiger partial charge in [0.15, 0.2) is 4.98 Å². The number of aromatic hydroxyl groups is 2. The summed E-state index contributed by atoms with van der Waals surface area (Å²) >= 11 is 0. The van der Waals surface area contributed by atoms with E-state index in [9.17, 15) is 18.6 Å². The predicted octanol–water partition coefficient (Wildman–Crippen LogP) is 3.54. The maximum Gasteiger partial charge on any atom is 0.426 e. The fourth-order valence-electron chi connectivity index (χ4n) is 2.36. The quantitative estimate of drug-likeness (QED) is 0.497. The van der Waals surface area contributed by atoms with Crippen LogP contribution >= 0.6 is 0 Å². The number of benzene rings is 3. The van der Waals surface area contributed by atoms with Crippen molar-refractivity contribution in [2.24, 2.45) is 0 Å². The van der Waals surface area contributed by atoms with E-state index in [4.69, 9.17) is 5.39 Å². The molecule has 3 rings (SSSR count). The Labute approximate surface area is 137 Å². The molecule has 0 aliphatic heterocycles. The van der Waals surface area contributed by atoms with Gasteiger partial charge in [-0.25, -0.2) is 8.42 Å². The highest BCUT2D eigenvalue weighted by Gasteiger charge is 2.22. The van der Waals surface area contributed by atoms with E-state index in [2.05, 4.69) is 9.70 Å². The van der Waals surface area contributed by atoms with Gasteiger partial charge < -0.3 is 10.2 Å². The molecule has 0 atom stereocenters. The number of hydrogen-bond acceptors (Lipinski definition) is 5. The molecule has 0 amide bonds. The van der Waals surface area contributed by atoms with E-state index >= 15 is 0 Å². The van der Waals surface area contributed by atoms with E-state index in [1.165, 1.54) is 54.6 Å². The first-order valence-electron chi connectivity index (χ1n) is 6.84. The van der Waals surface area contributed by atoms with E-state index in [1.807, 2.05) is 0 Å². The second-order valence-corrected chi connectivity index (χ2v) is 6.69. The number of rotatable bonds is 3. The summed E-state index contributed by atoms with van der Waals surface area (Å²) in [6, 6.07) is 12.8. The van der Waals surface area contributed by atoms with Crippen LogP contribution in [0.2, 0.25) is 0 Å². The molecule has 0 saturated carbocycles. The second kappa shape index (κ2) is 5.72. The normalized spacial score (nSPS) is 11.1. The van der Waals surface area contributed by atoms with Crippen molar-refractivity contribution >= 4 is 32.2 Å². The number of phenols is 2. The van der Waals surface area contributed by atoms with E-state index in [1.54, 1.807) is 0 Å². The number of anilines is 1. The molecule has 0 unspecified atom stereocenters. The lowest BCUT2D eigenvalue weighted by atomic mass is 10.1. The zero-order valence-corrected chi connectivity index (χ0v) is 13.0. The summed E-state index contributed by atoms with van der Waals surface area (Å²) in [5, 5.41) is 28.7. The third kappa shape index (κ3) is 2.68. The highest BCUT2D eigenvalue weighted by Crippen LogP contribution is 2.37. The lowest BCUT2D eigenvalue weighted by Gasteiger charge is -2.10. The van der Waals surface area contributed by atoms with Crippen LogP contribution < -0.4 is 4.72 Å². The summed E-state index contributed by atoms with van der Waals surface area (Å²) in [4.78, 5) is 2.91. The van der Waals surface area contributed by atoms with Gasteiger partial charge in [0.25, 0.3) is 10.0 Å². The summed E-state index contributed by atoms with van der Waals surface area (Å²) in [5.41, 5.74) is 0.236. The summed E-state index contributed by atoms with van der Waals surface area (Å²) in [6.45, 7) is 0. The highest BCUT2D eigenvalue weighted by molar-refractivity contribution is 7.93. The molecule has 0 aromatic heterocycles. The molecular formula is C16H12N3O4S+. The Kier molecular flexibility index (Phi) is 3.71. The van der Waals surface area contributed by atoms with Crippen LogP contribution in [0, 0.1) is 5.39 Å². The first-order valence-corrected chi connectivity index (χ1v) is 8.32. The number of hydrogen-bond donors (Lipinski definition) is 3. The molecule has 0 fully saturated rings. The van der Waals surface area contributed by atoms with Gasteiger partial charge in [0.2, 0.25) is 11.1 Å². The molecule has 3 aromatic carbocycles. The number of diazo groups is 1. The minimum absolute atomic E-state index is 0.0216. The molecule has 24 heavy (non-hydrogen) atoms. The molecule has 0 aliphatic rings.